The van der Waals surface area contributed by atoms with Gasteiger partial charge in [-0.15, -0.1) is 0 Å². The fraction of sp³-hybridized carbons (Fsp3) is 0.167. The first-order valence-corrected chi connectivity index (χ1v) is 9.87. The van der Waals surface area contributed by atoms with Crippen LogP contribution in [0, 0.1) is 11.7 Å². The van der Waals surface area contributed by atoms with E-state index in [1.807, 2.05) is 54.6 Å². The molecule has 2 fully saturated rings. The summed E-state index contributed by atoms with van der Waals surface area (Å²) in [6, 6.07) is 21.4. The largest absolute Gasteiger partial charge is 0.496 e. The normalized spacial score (nSPS) is 22.7. The van der Waals surface area contributed by atoms with Gasteiger partial charge in [0.25, 0.3) is 5.91 Å². The minimum absolute atomic E-state index is 0.319. The summed E-state index contributed by atoms with van der Waals surface area (Å²) in [6.45, 7) is 0. The van der Waals surface area contributed by atoms with Gasteiger partial charge in [0, 0.05) is 5.56 Å². The van der Waals surface area contributed by atoms with E-state index >= 15 is 0 Å². The average Bonchev–Trinajstić information content (AvgIpc) is 3.31. The fourth-order valence-corrected chi connectivity index (χ4v) is 4.28. The van der Waals surface area contributed by atoms with Crippen molar-refractivity contribution in [2.24, 2.45) is 5.92 Å². The highest BCUT2D eigenvalue weighted by atomic mass is 19.1. The Hall–Kier alpha value is -3.71. The van der Waals surface area contributed by atoms with E-state index in [1.54, 1.807) is 12.2 Å². The van der Waals surface area contributed by atoms with E-state index in [2.05, 4.69) is 0 Å². The van der Waals surface area contributed by atoms with Crippen molar-refractivity contribution in [3.63, 3.8) is 0 Å². The number of fused-ring (bicyclic) bond motifs is 1. The van der Waals surface area contributed by atoms with Crippen LogP contribution in [0.5, 0.6) is 5.75 Å². The van der Waals surface area contributed by atoms with Crippen LogP contribution in [0.25, 0.3) is 0 Å². The Labute approximate surface area is 178 Å². The van der Waals surface area contributed by atoms with Gasteiger partial charge < -0.3 is 4.74 Å². The lowest BCUT2D eigenvalue weighted by molar-refractivity contribution is -0.126. The monoisotopic (exact) mass is 418 g/mol. The van der Waals surface area contributed by atoms with Gasteiger partial charge >= 0.3 is 0 Å². The summed E-state index contributed by atoms with van der Waals surface area (Å²) in [4.78, 5) is 33.9. The Morgan fingerprint density at radius 3 is 2.23 bits per heavy atom. The van der Waals surface area contributed by atoms with Crippen LogP contribution in [0.4, 0.5) is 15.8 Å². The molecule has 2 aliphatic rings. The Morgan fingerprint density at radius 1 is 0.839 bits per heavy atom. The first-order chi connectivity index (χ1) is 15.1. The molecule has 2 heterocycles. The molecule has 2 aliphatic heterocycles. The van der Waals surface area contributed by atoms with Gasteiger partial charge in [0.2, 0.25) is 5.91 Å². The maximum absolute atomic E-state index is 13.5. The van der Waals surface area contributed by atoms with E-state index in [0.717, 1.165) is 16.2 Å². The number of carbonyl (C=O) groups is 2. The number of nitrogens with zero attached hydrogens (tertiary/aromatic N) is 2. The molecule has 5 rings (SSSR count). The second kappa shape index (κ2) is 7.52. The Bertz CT molecular complexity index is 1140. The minimum Gasteiger partial charge on any atom is -0.496 e. The van der Waals surface area contributed by atoms with Crippen molar-refractivity contribution in [3.05, 3.63) is 90.2 Å². The van der Waals surface area contributed by atoms with Crippen LogP contribution in [0.2, 0.25) is 0 Å². The number of imide groups is 1. The van der Waals surface area contributed by atoms with E-state index in [1.165, 1.54) is 24.3 Å². The van der Waals surface area contributed by atoms with E-state index in [-0.39, 0.29) is 0 Å². The second-order valence-corrected chi connectivity index (χ2v) is 7.39. The molecule has 6 nitrogen and oxygen atoms in total. The predicted octanol–water partition coefficient (Wildman–Crippen LogP) is 3.89. The van der Waals surface area contributed by atoms with Crippen molar-refractivity contribution >= 4 is 23.2 Å². The molecule has 3 aromatic rings. The number of ether oxygens (including phenoxy) is 1. The minimum atomic E-state index is -0.993. The maximum Gasteiger partial charge on any atom is 0.266 e. The molecule has 3 atom stereocenters. The lowest BCUT2D eigenvalue weighted by Crippen LogP contribution is -2.37. The zero-order valence-electron chi connectivity index (χ0n) is 16.6. The molecule has 2 amide bonds. The van der Waals surface area contributed by atoms with Crippen molar-refractivity contribution < 1.29 is 23.6 Å². The van der Waals surface area contributed by atoms with Crippen molar-refractivity contribution in [3.8, 4) is 5.75 Å². The van der Waals surface area contributed by atoms with Crippen molar-refractivity contribution in [1.82, 2.24) is 0 Å². The molecule has 2 saturated heterocycles. The van der Waals surface area contributed by atoms with Gasteiger partial charge in [0.15, 0.2) is 6.10 Å². The van der Waals surface area contributed by atoms with Gasteiger partial charge in [-0.3, -0.25) is 14.4 Å². The molecule has 0 saturated carbocycles. The highest BCUT2D eigenvalue weighted by Crippen LogP contribution is 2.49. The standard InChI is InChI=1S/C24H19FN2O4/c1-30-19-10-6-5-9-18(19)21-20-22(31-27(21)17-7-3-2-4-8-17)24(29)26(23(20)28)16-13-11-15(25)12-14-16/h2-14,20-22H,1H3/t20-,21-,22+/m1/s1. The fourth-order valence-electron chi connectivity index (χ4n) is 4.28. The molecular formula is C24H19FN2O4. The Kier molecular flexibility index (Phi) is 4.67. The molecule has 0 N–H and O–H groups in total. The molecule has 0 aromatic heterocycles. The second-order valence-electron chi connectivity index (χ2n) is 7.39. The van der Waals surface area contributed by atoms with E-state index < -0.39 is 35.7 Å². The van der Waals surface area contributed by atoms with Crippen LogP contribution < -0.4 is 14.7 Å². The highest BCUT2D eigenvalue weighted by molar-refractivity contribution is 6.23. The summed E-state index contributed by atoms with van der Waals surface area (Å²) in [7, 11) is 1.56. The van der Waals surface area contributed by atoms with Crippen LogP contribution in [-0.2, 0) is 14.4 Å². The lowest BCUT2D eigenvalue weighted by Gasteiger charge is -2.29. The highest BCUT2D eigenvalue weighted by Gasteiger charge is 2.60. The van der Waals surface area contributed by atoms with Crippen molar-refractivity contribution in [2.75, 3.05) is 17.1 Å². The van der Waals surface area contributed by atoms with Gasteiger partial charge in [-0.25, -0.2) is 14.4 Å². The molecule has 0 radical (unpaired) electrons. The molecule has 0 spiro atoms. The summed E-state index contributed by atoms with van der Waals surface area (Å²) < 4.78 is 18.9. The van der Waals surface area contributed by atoms with E-state index in [4.69, 9.17) is 9.57 Å². The molecule has 156 valence electrons. The van der Waals surface area contributed by atoms with Crippen molar-refractivity contribution in [2.45, 2.75) is 12.1 Å². The summed E-state index contributed by atoms with van der Waals surface area (Å²) in [5.41, 5.74) is 1.78. The van der Waals surface area contributed by atoms with E-state index in [9.17, 15) is 14.0 Å². The van der Waals surface area contributed by atoms with E-state index in [0.29, 0.717) is 11.4 Å². The number of hydroxylamine groups is 1. The number of carbonyl (C=O) groups excluding carboxylic acids is 2. The molecule has 31 heavy (non-hydrogen) atoms. The predicted molar refractivity (Wildman–Crippen MR) is 112 cm³/mol. The summed E-state index contributed by atoms with van der Waals surface area (Å²) in [5.74, 6) is -1.50. The van der Waals surface area contributed by atoms with Gasteiger partial charge in [0.1, 0.15) is 17.5 Å². The summed E-state index contributed by atoms with van der Waals surface area (Å²) in [6.07, 6.45) is -0.993. The third-order valence-corrected chi connectivity index (χ3v) is 5.67. The van der Waals surface area contributed by atoms with Crippen LogP contribution in [0.1, 0.15) is 11.6 Å². The number of benzene rings is 3. The van der Waals surface area contributed by atoms with Gasteiger partial charge in [-0.05, 0) is 42.5 Å². The number of hydrogen-bond acceptors (Lipinski definition) is 5. The third-order valence-electron chi connectivity index (χ3n) is 5.67. The number of rotatable bonds is 4. The number of halogens is 1. The lowest BCUT2D eigenvalue weighted by atomic mass is 9.90. The van der Waals surface area contributed by atoms with Gasteiger partial charge in [0.05, 0.1) is 24.5 Å². The molecule has 7 heteroatoms. The number of para-hydroxylation sites is 2. The number of anilines is 2. The Balaban J connectivity index is 1.61. The number of amides is 2. The van der Waals surface area contributed by atoms with Crippen molar-refractivity contribution in [1.29, 1.82) is 0 Å². The molecule has 3 aromatic carbocycles. The molecular weight excluding hydrogens is 399 g/mol. The summed E-state index contributed by atoms with van der Waals surface area (Å²) in [5, 5.41) is 1.62. The van der Waals surface area contributed by atoms with Crippen LogP contribution >= 0.6 is 0 Å². The third kappa shape index (κ3) is 3.05. The smallest absolute Gasteiger partial charge is 0.266 e. The van der Waals surface area contributed by atoms with Gasteiger partial charge in [-0.2, -0.15) is 0 Å². The van der Waals surface area contributed by atoms with Crippen LogP contribution in [-0.4, -0.2) is 25.0 Å². The maximum atomic E-state index is 13.5. The first kappa shape index (κ1) is 19.3. The molecule has 0 bridgehead atoms. The molecule has 0 aliphatic carbocycles. The van der Waals surface area contributed by atoms with Gasteiger partial charge in [-0.1, -0.05) is 36.4 Å². The SMILES string of the molecule is COc1ccccc1[C@@H]1[C@H]2C(=O)N(c3ccc(F)cc3)C(=O)[C@H]2ON1c1ccccc1. The summed E-state index contributed by atoms with van der Waals surface area (Å²) >= 11 is 0. The Morgan fingerprint density at radius 2 is 1.52 bits per heavy atom. The quantitative estimate of drug-likeness (QED) is 0.602. The zero-order chi connectivity index (χ0) is 21.5. The first-order valence-electron chi connectivity index (χ1n) is 9.87. The zero-order valence-corrected chi connectivity index (χ0v) is 16.6. The average molecular weight is 418 g/mol. The topological polar surface area (TPSA) is 59.1 Å². The molecule has 0 unspecified atom stereocenters. The van der Waals surface area contributed by atoms with Crippen LogP contribution in [0.15, 0.2) is 78.9 Å². The van der Waals surface area contributed by atoms with Crippen LogP contribution in [0.3, 0.4) is 0 Å². The number of hydrogen-bond donors (Lipinski definition) is 0. The number of methoxy groups -OCH3 is 1.